The first-order valence-corrected chi connectivity index (χ1v) is 8.63. The van der Waals surface area contributed by atoms with E-state index in [-0.39, 0.29) is 18.4 Å². The number of urea groups is 1. The molecule has 3 amide bonds. The van der Waals surface area contributed by atoms with Crippen molar-refractivity contribution in [2.45, 2.75) is 46.6 Å². The molecule has 8 heteroatoms. The summed E-state index contributed by atoms with van der Waals surface area (Å²) in [5.74, 6) is -1.18. The van der Waals surface area contributed by atoms with Crippen LogP contribution in [0.3, 0.4) is 0 Å². The molecule has 1 aromatic rings. The zero-order valence-corrected chi connectivity index (χ0v) is 16.3. The lowest BCUT2D eigenvalue weighted by Crippen LogP contribution is -2.46. The van der Waals surface area contributed by atoms with E-state index in [0.29, 0.717) is 10.8 Å². The average Bonchev–Trinajstić information content (AvgIpc) is 2.51. The van der Waals surface area contributed by atoms with E-state index in [2.05, 4.69) is 0 Å². The van der Waals surface area contributed by atoms with Crippen LogP contribution in [0, 0.1) is 12.8 Å². The number of nitrogens with two attached hydrogens (primary N) is 1. The summed E-state index contributed by atoms with van der Waals surface area (Å²) in [6.45, 7) is 8.77. The van der Waals surface area contributed by atoms with Crippen LogP contribution < -0.4 is 15.8 Å². The summed E-state index contributed by atoms with van der Waals surface area (Å²) in [6.07, 6.45) is -1.14. The van der Waals surface area contributed by atoms with Gasteiger partial charge in [0.2, 0.25) is 0 Å². The Morgan fingerprint density at radius 2 is 1.81 bits per heavy atom. The summed E-state index contributed by atoms with van der Waals surface area (Å²) in [5, 5.41) is 2.53. The number of ether oxygens (including phenoxy) is 2. The van der Waals surface area contributed by atoms with Gasteiger partial charge < -0.3 is 15.2 Å². The lowest BCUT2D eigenvalue weighted by Gasteiger charge is -2.20. The molecule has 144 valence electrons. The number of hydrogen-bond donors (Lipinski definition) is 2. The van der Waals surface area contributed by atoms with Crippen LogP contribution in [0.2, 0.25) is 5.02 Å². The number of esters is 1. The van der Waals surface area contributed by atoms with Crippen molar-refractivity contribution in [2.24, 2.45) is 11.7 Å². The van der Waals surface area contributed by atoms with E-state index < -0.39 is 24.0 Å². The van der Waals surface area contributed by atoms with Gasteiger partial charge in [-0.2, -0.15) is 0 Å². The molecule has 0 unspecified atom stereocenters. The molecule has 1 rings (SSSR count). The molecular weight excluding hydrogens is 360 g/mol. The number of carbonyl (C=O) groups excluding carboxylic acids is 3. The summed E-state index contributed by atoms with van der Waals surface area (Å²) in [5.41, 5.74) is 6.60. The topological polar surface area (TPSA) is 108 Å². The highest BCUT2D eigenvalue weighted by atomic mass is 35.5. The minimum Gasteiger partial charge on any atom is -0.482 e. The number of rotatable bonds is 7. The van der Waals surface area contributed by atoms with Gasteiger partial charge in [0, 0.05) is 5.02 Å². The van der Waals surface area contributed by atoms with Crippen molar-refractivity contribution in [3.8, 4) is 5.75 Å². The predicted octanol–water partition coefficient (Wildman–Crippen LogP) is 2.91. The van der Waals surface area contributed by atoms with Gasteiger partial charge in [-0.25, -0.2) is 9.59 Å². The van der Waals surface area contributed by atoms with Crippen LogP contribution in [0.25, 0.3) is 0 Å². The standard InChI is InChI=1S/C18H25ClN2O5/c1-9(2)12-7-13(19)11(5)6-14(12)25-8-15(22)26-16(10(3)4)17(23)21-18(20)24/h6-7,9-10,16H,8H2,1-5H3,(H3,20,21,23,24)/t16-/m0/s1. The lowest BCUT2D eigenvalue weighted by molar-refractivity contribution is -0.160. The summed E-state index contributed by atoms with van der Waals surface area (Å²) in [7, 11) is 0. The highest BCUT2D eigenvalue weighted by Crippen LogP contribution is 2.32. The van der Waals surface area contributed by atoms with Gasteiger partial charge in [0.25, 0.3) is 5.91 Å². The van der Waals surface area contributed by atoms with Crippen LogP contribution in [-0.4, -0.2) is 30.6 Å². The molecule has 0 aliphatic rings. The third-order valence-corrected chi connectivity index (χ3v) is 4.03. The molecule has 0 aliphatic heterocycles. The maximum Gasteiger partial charge on any atom is 0.344 e. The molecule has 0 aromatic heterocycles. The smallest absolute Gasteiger partial charge is 0.344 e. The Morgan fingerprint density at radius 1 is 1.19 bits per heavy atom. The van der Waals surface area contributed by atoms with E-state index >= 15 is 0 Å². The molecule has 7 nitrogen and oxygen atoms in total. The van der Waals surface area contributed by atoms with Crippen LogP contribution in [-0.2, 0) is 14.3 Å². The fourth-order valence-electron chi connectivity index (χ4n) is 2.24. The highest BCUT2D eigenvalue weighted by Gasteiger charge is 2.27. The molecule has 1 atom stereocenters. The third-order valence-electron chi connectivity index (χ3n) is 3.63. The molecular formula is C18H25ClN2O5. The summed E-state index contributed by atoms with van der Waals surface area (Å²) >= 11 is 6.14. The molecule has 0 fully saturated rings. The zero-order valence-electron chi connectivity index (χ0n) is 15.6. The van der Waals surface area contributed by atoms with Gasteiger partial charge in [0.05, 0.1) is 0 Å². The van der Waals surface area contributed by atoms with Crippen molar-refractivity contribution >= 4 is 29.5 Å². The Balaban J connectivity index is 2.81. The van der Waals surface area contributed by atoms with Gasteiger partial charge in [-0.05, 0) is 42.0 Å². The van der Waals surface area contributed by atoms with Crippen molar-refractivity contribution in [3.05, 3.63) is 28.3 Å². The van der Waals surface area contributed by atoms with Crippen LogP contribution in [0.5, 0.6) is 5.75 Å². The second kappa shape index (κ2) is 9.43. The summed E-state index contributed by atoms with van der Waals surface area (Å²) in [6, 6.07) is 2.55. The van der Waals surface area contributed by atoms with Crippen LogP contribution >= 0.6 is 11.6 Å². The molecule has 0 bridgehead atoms. The predicted molar refractivity (Wildman–Crippen MR) is 98.2 cm³/mol. The number of benzene rings is 1. The maximum absolute atomic E-state index is 12.1. The fourth-order valence-corrected chi connectivity index (χ4v) is 2.42. The van der Waals surface area contributed by atoms with E-state index in [9.17, 15) is 14.4 Å². The largest absolute Gasteiger partial charge is 0.482 e. The van der Waals surface area contributed by atoms with Crippen LogP contribution in [0.4, 0.5) is 4.79 Å². The van der Waals surface area contributed by atoms with Crippen molar-refractivity contribution in [1.29, 1.82) is 0 Å². The van der Waals surface area contributed by atoms with Gasteiger partial charge in [0.1, 0.15) is 5.75 Å². The van der Waals surface area contributed by atoms with E-state index in [1.807, 2.05) is 26.1 Å². The Bertz CT molecular complexity index is 688. The second-order valence-electron chi connectivity index (χ2n) is 6.59. The van der Waals surface area contributed by atoms with Gasteiger partial charge in [0.15, 0.2) is 12.7 Å². The molecule has 0 saturated heterocycles. The molecule has 0 saturated carbocycles. The SMILES string of the molecule is Cc1cc(OCC(=O)O[C@H](C(=O)NC(N)=O)C(C)C)c(C(C)C)cc1Cl. The number of carbonyl (C=O) groups is 3. The number of amides is 3. The van der Waals surface area contributed by atoms with Gasteiger partial charge in [-0.15, -0.1) is 0 Å². The number of imide groups is 1. The highest BCUT2D eigenvalue weighted by molar-refractivity contribution is 6.31. The minimum absolute atomic E-state index is 0.142. The van der Waals surface area contributed by atoms with Gasteiger partial charge in [-0.1, -0.05) is 39.3 Å². The number of halogens is 1. The van der Waals surface area contributed by atoms with Crippen LogP contribution in [0.1, 0.15) is 44.7 Å². The Hall–Kier alpha value is -2.28. The number of nitrogens with one attached hydrogen (secondary N) is 1. The van der Waals surface area contributed by atoms with Crippen molar-refractivity contribution < 1.29 is 23.9 Å². The Labute approximate surface area is 158 Å². The lowest BCUT2D eigenvalue weighted by atomic mass is 10.0. The minimum atomic E-state index is -1.14. The number of primary amides is 1. The van der Waals surface area contributed by atoms with Crippen molar-refractivity contribution in [1.82, 2.24) is 5.32 Å². The zero-order chi connectivity index (χ0) is 20.0. The van der Waals surface area contributed by atoms with Crippen molar-refractivity contribution in [2.75, 3.05) is 6.61 Å². The van der Waals surface area contributed by atoms with E-state index in [0.717, 1.165) is 11.1 Å². The summed E-state index contributed by atoms with van der Waals surface area (Å²) in [4.78, 5) is 34.8. The first-order chi connectivity index (χ1) is 12.0. The molecule has 0 aliphatic carbocycles. The molecule has 0 heterocycles. The van der Waals surface area contributed by atoms with Gasteiger partial charge >= 0.3 is 12.0 Å². The van der Waals surface area contributed by atoms with E-state index in [4.69, 9.17) is 26.8 Å². The van der Waals surface area contributed by atoms with E-state index in [1.165, 1.54) is 0 Å². The van der Waals surface area contributed by atoms with E-state index in [1.54, 1.807) is 26.0 Å². The Kier molecular flexibility index (Phi) is 7.89. The molecule has 3 N–H and O–H groups in total. The quantitative estimate of drug-likeness (QED) is 0.702. The average molecular weight is 385 g/mol. The normalized spacial score (nSPS) is 12.0. The van der Waals surface area contributed by atoms with Gasteiger partial charge in [-0.3, -0.25) is 10.1 Å². The first kappa shape index (κ1) is 21.8. The summed E-state index contributed by atoms with van der Waals surface area (Å²) < 4.78 is 10.7. The monoisotopic (exact) mass is 384 g/mol. The maximum atomic E-state index is 12.1. The molecule has 26 heavy (non-hydrogen) atoms. The Morgan fingerprint density at radius 3 is 2.31 bits per heavy atom. The third kappa shape index (κ3) is 6.22. The van der Waals surface area contributed by atoms with Crippen molar-refractivity contribution in [3.63, 3.8) is 0 Å². The number of aryl methyl sites for hydroxylation is 1. The van der Waals surface area contributed by atoms with Crippen LogP contribution in [0.15, 0.2) is 12.1 Å². The molecule has 1 aromatic carbocycles. The second-order valence-corrected chi connectivity index (χ2v) is 7.00. The molecule has 0 radical (unpaired) electrons. The molecule has 0 spiro atoms. The first-order valence-electron chi connectivity index (χ1n) is 8.25. The number of hydrogen-bond acceptors (Lipinski definition) is 5. The fraction of sp³-hybridized carbons (Fsp3) is 0.500.